The smallest absolute Gasteiger partial charge is 0.289 e. The van der Waals surface area contributed by atoms with E-state index in [1.54, 1.807) is 23.5 Å². The summed E-state index contributed by atoms with van der Waals surface area (Å²) in [6.45, 7) is 2.58. The average Bonchev–Trinajstić information content (AvgIpc) is 3.46. The Morgan fingerprint density at radius 2 is 1.93 bits per heavy atom. The van der Waals surface area contributed by atoms with E-state index in [2.05, 4.69) is 4.90 Å². The minimum Gasteiger partial charge on any atom is -0.459 e. The molecular weight excluding hydrogens is 408 g/mol. The predicted molar refractivity (Wildman–Crippen MR) is 115 cm³/mol. The quantitative estimate of drug-likeness (QED) is 0.482. The fourth-order valence-electron chi connectivity index (χ4n) is 3.52. The number of hydrogen-bond acceptors (Lipinski definition) is 6. The maximum atomic E-state index is 12.5. The van der Waals surface area contributed by atoms with Crippen LogP contribution in [0, 0.1) is 0 Å². The van der Waals surface area contributed by atoms with Crippen molar-refractivity contribution in [3.63, 3.8) is 0 Å². The van der Waals surface area contributed by atoms with Crippen LogP contribution < -0.4 is 4.90 Å². The van der Waals surface area contributed by atoms with Crippen molar-refractivity contribution in [1.82, 2.24) is 14.9 Å². The molecule has 1 fully saturated rings. The largest absolute Gasteiger partial charge is 0.459 e. The van der Waals surface area contributed by atoms with Gasteiger partial charge in [-0.15, -0.1) is 11.3 Å². The number of fused-ring (bicyclic) bond motifs is 1. The number of amides is 1. The van der Waals surface area contributed by atoms with Crippen LogP contribution in [0.2, 0.25) is 5.02 Å². The van der Waals surface area contributed by atoms with Crippen molar-refractivity contribution in [2.45, 2.75) is 0 Å². The zero-order valence-electron chi connectivity index (χ0n) is 15.4. The van der Waals surface area contributed by atoms with E-state index in [1.807, 2.05) is 40.6 Å². The first kappa shape index (κ1) is 18.1. The van der Waals surface area contributed by atoms with Gasteiger partial charge in [0.1, 0.15) is 5.82 Å². The lowest BCUT2D eigenvalue weighted by Crippen LogP contribution is -2.49. The molecular formula is C21H17ClN4O2S. The van der Waals surface area contributed by atoms with E-state index in [0.717, 1.165) is 21.6 Å². The number of halogens is 1. The van der Waals surface area contributed by atoms with Crippen LogP contribution in [0.3, 0.4) is 0 Å². The third-order valence-electron chi connectivity index (χ3n) is 4.98. The van der Waals surface area contributed by atoms with Gasteiger partial charge in [0.25, 0.3) is 5.91 Å². The highest BCUT2D eigenvalue weighted by atomic mass is 35.5. The van der Waals surface area contributed by atoms with Gasteiger partial charge < -0.3 is 14.2 Å². The molecule has 0 radical (unpaired) electrons. The highest BCUT2D eigenvalue weighted by Gasteiger charge is 2.26. The Balaban J connectivity index is 1.46. The van der Waals surface area contributed by atoms with Crippen LogP contribution in [0.15, 0.2) is 58.5 Å². The van der Waals surface area contributed by atoms with Gasteiger partial charge in [0, 0.05) is 36.6 Å². The second-order valence-electron chi connectivity index (χ2n) is 6.77. The zero-order chi connectivity index (χ0) is 19.8. The molecule has 146 valence electrons. The highest BCUT2D eigenvalue weighted by molar-refractivity contribution is 7.13. The van der Waals surface area contributed by atoms with E-state index in [1.165, 1.54) is 6.26 Å². The van der Waals surface area contributed by atoms with Crippen LogP contribution in [0.4, 0.5) is 5.82 Å². The van der Waals surface area contributed by atoms with E-state index in [4.69, 9.17) is 26.0 Å². The number of aromatic nitrogens is 2. The molecule has 8 heteroatoms. The Labute approximate surface area is 176 Å². The summed E-state index contributed by atoms with van der Waals surface area (Å²) < 4.78 is 5.25. The number of rotatable bonds is 3. The summed E-state index contributed by atoms with van der Waals surface area (Å²) in [5.74, 6) is 1.87. The van der Waals surface area contributed by atoms with Gasteiger partial charge in [-0.25, -0.2) is 9.97 Å². The van der Waals surface area contributed by atoms with Crippen molar-refractivity contribution in [3.8, 4) is 10.7 Å². The van der Waals surface area contributed by atoms with Gasteiger partial charge in [-0.1, -0.05) is 17.7 Å². The van der Waals surface area contributed by atoms with Crippen molar-refractivity contribution in [3.05, 3.63) is 64.9 Å². The summed E-state index contributed by atoms with van der Waals surface area (Å²) >= 11 is 7.82. The van der Waals surface area contributed by atoms with Gasteiger partial charge in [-0.05, 0) is 41.8 Å². The molecule has 0 spiro atoms. The lowest BCUT2D eigenvalue weighted by molar-refractivity contribution is 0.0714. The lowest BCUT2D eigenvalue weighted by Gasteiger charge is -2.35. The molecule has 0 bridgehead atoms. The van der Waals surface area contributed by atoms with Crippen LogP contribution in [-0.2, 0) is 0 Å². The topological polar surface area (TPSA) is 62.5 Å². The van der Waals surface area contributed by atoms with E-state index >= 15 is 0 Å². The Hall–Kier alpha value is -2.90. The third kappa shape index (κ3) is 3.47. The minimum atomic E-state index is -0.0757. The number of carbonyl (C=O) groups is 1. The normalized spacial score (nSPS) is 14.5. The number of anilines is 1. The van der Waals surface area contributed by atoms with Gasteiger partial charge in [-0.3, -0.25) is 4.79 Å². The second-order valence-corrected chi connectivity index (χ2v) is 8.15. The molecule has 3 aromatic heterocycles. The molecule has 0 unspecified atom stereocenters. The Morgan fingerprint density at radius 3 is 2.66 bits per heavy atom. The number of furan rings is 1. The molecule has 6 nitrogen and oxygen atoms in total. The van der Waals surface area contributed by atoms with Gasteiger partial charge in [0.05, 0.1) is 16.7 Å². The molecule has 1 amide bonds. The Kier molecular flexibility index (Phi) is 4.69. The van der Waals surface area contributed by atoms with Crippen molar-refractivity contribution in [2.24, 2.45) is 0 Å². The first-order valence-corrected chi connectivity index (χ1v) is 10.5. The lowest BCUT2D eigenvalue weighted by atomic mass is 10.2. The molecule has 4 heterocycles. The molecule has 0 N–H and O–H groups in total. The molecule has 29 heavy (non-hydrogen) atoms. The fraction of sp³-hybridized carbons (Fsp3) is 0.190. The fourth-order valence-corrected chi connectivity index (χ4v) is 4.34. The van der Waals surface area contributed by atoms with Gasteiger partial charge in [-0.2, -0.15) is 0 Å². The van der Waals surface area contributed by atoms with Crippen LogP contribution in [0.25, 0.3) is 21.6 Å². The Morgan fingerprint density at radius 1 is 1.07 bits per heavy atom. The third-order valence-corrected chi connectivity index (χ3v) is 6.08. The summed E-state index contributed by atoms with van der Waals surface area (Å²) in [5.41, 5.74) is 0.819. The first-order chi connectivity index (χ1) is 14.2. The van der Waals surface area contributed by atoms with E-state index in [9.17, 15) is 4.79 Å². The minimum absolute atomic E-state index is 0.0757. The van der Waals surface area contributed by atoms with Crippen LogP contribution in [-0.4, -0.2) is 47.0 Å². The molecule has 4 aromatic rings. The number of nitrogens with zero attached hydrogens (tertiary/aromatic N) is 4. The van der Waals surface area contributed by atoms with Crippen LogP contribution >= 0.6 is 22.9 Å². The van der Waals surface area contributed by atoms with E-state index < -0.39 is 0 Å². The van der Waals surface area contributed by atoms with Crippen LogP contribution in [0.5, 0.6) is 0 Å². The highest BCUT2D eigenvalue weighted by Crippen LogP contribution is 2.31. The van der Waals surface area contributed by atoms with Gasteiger partial charge in [0.2, 0.25) is 0 Å². The molecule has 5 rings (SSSR count). The summed E-state index contributed by atoms with van der Waals surface area (Å²) in [6.07, 6.45) is 1.52. The predicted octanol–water partition coefficient (Wildman–Crippen LogP) is 4.57. The Bertz CT molecular complexity index is 1150. The monoisotopic (exact) mass is 424 g/mol. The van der Waals surface area contributed by atoms with Crippen LogP contribution in [0.1, 0.15) is 10.6 Å². The van der Waals surface area contributed by atoms with Crippen molar-refractivity contribution in [2.75, 3.05) is 31.1 Å². The molecule has 1 aliphatic heterocycles. The molecule has 0 aliphatic carbocycles. The molecule has 1 saturated heterocycles. The molecule has 0 saturated carbocycles. The first-order valence-electron chi connectivity index (χ1n) is 9.28. The maximum absolute atomic E-state index is 12.5. The van der Waals surface area contributed by atoms with E-state index in [-0.39, 0.29) is 5.91 Å². The van der Waals surface area contributed by atoms with E-state index in [0.29, 0.717) is 42.8 Å². The van der Waals surface area contributed by atoms with Gasteiger partial charge >= 0.3 is 0 Å². The molecule has 1 aliphatic rings. The van der Waals surface area contributed by atoms with Crippen molar-refractivity contribution < 1.29 is 9.21 Å². The average molecular weight is 425 g/mol. The summed E-state index contributed by atoms with van der Waals surface area (Å²) in [5, 5.41) is 3.62. The SMILES string of the molecule is O=C(c1ccco1)N1CCN(c2nc(-c3cccs3)nc3cc(Cl)ccc23)CC1. The maximum Gasteiger partial charge on any atom is 0.289 e. The number of carbonyl (C=O) groups excluding carboxylic acids is 1. The number of piperazine rings is 1. The van der Waals surface area contributed by atoms with Gasteiger partial charge in [0.15, 0.2) is 11.6 Å². The van der Waals surface area contributed by atoms with Crippen molar-refractivity contribution >= 4 is 45.6 Å². The second kappa shape index (κ2) is 7.50. The number of thiophene rings is 1. The number of hydrogen-bond donors (Lipinski definition) is 0. The zero-order valence-corrected chi connectivity index (χ0v) is 17.0. The van der Waals surface area contributed by atoms with Crippen molar-refractivity contribution in [1.29, 1.82) is 0 Å². The number of benzene rings is 1. The summed E-state index contributed by atoms with van der Waals surface area (Å²) in [4.78, 5) is 27.2. The standard InChI is InChI=1S/C21H17ClN4O2S/c22-14-5-6-15-16(13-14)23-19(18-4-2-12-29-18)24-20(15)25-7-9-26(10-8-25)21(27)17-3-1-11-28-17/h1-6,11-13H,7-10H2. The summed E-state index contributed by atoms with van der Waals surface area (Å²) in [6, 6.07) is 13.1. The molecule has 0 atom stereocenters. The summed E-state index contributed by atoms with van der Waals surface area (Å²) in [7, 11) is 0. The molecule has 1 aromatic carbocycles.